The summed E-state index contributed by atoms with van der Waals surface area (Å²) in [5, 5.41) is 15.7. The number of carbonyl (C=O) groups is 2. The minimum atomic E-state index is -0.826. The number of carbonyl (C=O) groups excluding carboxylic acids is 1. The first kappa shape index (κ1) is 25.4. The second kappa shape index (κ2) is 11.6. The van der Waals surface area contributed by atoms with Gasteiger partial charge in [-0.25, -0.2) is 0 Å². The molecule has 0 radical (unpaired) electrons. The minimum absolute atomic E-state index is 0. The Labute approximate surface area is 180 Å². The first-order chi connectivity index (χ1) is 12.6. The topological polar surface area (TPSA) is 84.9 Å². The molecule has 2 heterocycles. The quantitative estimate of drug-likeness (QED) is 0.542. The number of rotatable bonds is 6. The standard InChI is InChI=1S/C19H34N4O3.2ClH/c1-15(18(25)26)19(21-14-24)6-2-16(3-7-19)22-10-12-23(13-11-22)17-4-8-20-9-5-17;;/h14-17,20H,2-13H2,1H3,(H,21,24)(H,25,26);2*1H/t15-,16-,19+;;/m1../s1. The molecule has 0 aromatic carbocycles. The molecule has 1 aliphatic carbocycles. The van der Waals surface area contributed by atoms with E-state index in [1.165, 1.54) is 12.8 Å². The third-order valence-electron chi connectivity index (χ3n) is 7.08. The summed E-state index contributed by atoms with van der Waals surface area (Å²) in [4.78, 5) is 27.8. The van der Waals surface area contributed by atoms with E-state index in [0.29, 0.717) is 12.5 Å². The molecule has 0 unspecified atom stereocenters. The SMILES string of the molecule is C[C@H](C(=O)O)[C@]1(NC=O)CC[C@@H](N2CCN(C3CCNCC3)CC2)CC1.Cl.Cl. The highest BCUT2D eigenvalue weighted by Crippen LogP contribution is 2.36. The van der Waals surface area contributed by atoms with Gasteiger partial charge in [0.15, 0.2) is 0 Å². The third kappa shape index (κ3) is 5.72. The molecule has 7 nitrogen and oxygen atoms in total. The van der Waals surface area contributed by atoms with Crippen LogP contribution in [0.1, 0.15) is 45.4 Å². The van der Waals surface area contributed by atoms with Gasteiger partial charge in [0.05, 0.1) is 11.5 Å². The van der Waals surface area contributed by atoms with Crippen LogP contribution in [0.25, 0.3) is 0 Å². The Morgan fingerprint density at radius 2 is 1.50 bits per heavy atom. The summed E-state index contributed by atoms with van der Waals surface area (Å²) < 4.78 is 0. The van der Waals surface area contributed by atoms with Crippen LogP contribution >= 0.6 is 24.8 Å². The summed E-state index contributed by atoms with van der Waals surface area (Å²) in [7, 11) is 0. The number of hydrogen-bond acceptors (Lipinski definition) is 5. The minimum Gasteiger partial charge on any atom is -0.481 e. The Morgan fingerprint density at radius 1 is 1.04 bits per heavy atom. The highest BCUT2D eigenvalue weighted by Gasteiger charge is 2.44. The predicted molar refractivity (Wildman–Crippen MR) is 115 cm³/mol. The maximum absolute atomic E-state index is 11.5. The van der Waals surface area contributed by atoms with Gasteiger partial charge < -0.3 is 15.7 Å². The lowest BCUT2D eigenvalue weighted by Gasteiger charge is -2.48. The lowest BCUT2D eigenvalue weighted by molar-refractivity contribution is -0.145. The number of amides is 1. The number of nitrogens with zero attached hydrogens (tertiary/aromatic N) is 2. The first-order valence-electron chi connectivity index (χ1n) is 10.2. The van der Waals surface area contributed by atoms with Crippen LogP contribution in [0.5, 0.6) is 0 Å². The Morgan fingerprint density at radius 3 is 1.93 bits per heavy atom. The molecule has 1 amide bonds. The Bertz CT molecular complexity index is 490. The lowest BCUT2D eigenvalue weighted by atomic mass is 9.71. The molecule has 2 saturated heterocycles. The van der Waals surface area contributed by atoms with E-state index in [-0.39, 0.29) is 24.8 Å². The zero-order chi connectivity index (χ0) is 18.6. The number of aliphatic carboxylic acids is 1. The average Bonchev–Trinajstić information content (AvgIpc) is 2.69. The van der Waals surface area contributed by atoms with Crippen molar-refractivity contribution in [2.24, 2.45) is 5.92 Å². The van der Waals surface area contributed by atoms with Gasteiger partial charge in [0.2, 0.25) is 6.41 Å². The van der Waals surface area contributed by atoms with E-state index in [1.54, 1.807) is 6.92 Å². The van der Waals surface area contributed by atoms with Crippen LogP contribution in [0.4, 0.5) is 0 Å². The molecule has 3 aliphatic rings. The molecule has 2 aliphatic heterocycles. The first-order valence-corrected chi connectivity index (χ1v) is 10.2. The van der Waals surface area contributed by atoms with E-state index in [2.05, 4.69) is 20.4 Å². The van der Waals surface area contributed by atoms with Crippen LogP contribution in [0, 0.1) is 5.92 Å². The van der Waals surface area contributed by atoms with Crippen molar-refractivity contribution in [3.63, 3.8) is 0 Å². The van der Waals surface area contributed by atoms with Crippen LogP contribution in [-0.4, -0.2) is 84.2 Å². The van der Waals surface area contributed by atoms with Crippen LogP contribution in [0.3, 0.4) is 0 Å². The Kier molecular flexibility index (Phi) is 10.5. The van der Waals surface area contributed by atoms with E-state index >= 15 is 0 Å². The molecule has 0 aromatic rings. The second-order valence-corrected chi connectivity index (χ2v) is 8.26. The number of piperazine rings is 1. The lowest BCUT2D eigenvalue weighted by Crippen LogP contribution is -2.59. The number of nitrogens with one attached hydrogen (secondary N) is 2. The number of hydrogen-bond donors (Lipinski definition) is 3. The number of carboxylic acid groups (broad SMARTS) is 1. The van der Waals surface area contributed by atoms with Crippen molar-refractivity contribution in [1.29, 1.82) is 0 Å². The van der Waals surface area contributed by atoms with Gasteiger partial charge in [0, 0.05) is 38.3 Å². The van der Waals surface area contributed by atoms with Gasteiger partial charge in [-0.3, -0.25) is 19.4 Å². The largest absolute Gasteiger partial charge is 0.481 e. The third-order valence-corrected chi connectivity index (χ3v) is 7.08. The number of piperidine rings is 1. The molecule has 1 atom stereocenters. The van der Waals surface area contributed by atoms with Gasteiger partial charge in [-0.1, -0.05) is 0 Å². The maximum atomic E-state index is 11.5. The van der Waals surface area contributed by atoms with E-state index in [4.69, 9.17) is 0 Å². The van der Waals surface area contributed by atoms with E-state index in [0.717, 1.165) is 71.0 Å². The van der Waals surface area contributed by atoms with Crippen molar-refractivity contribution >= 4 is 37.2 Å². The fourth-order valence-corrected chi connectivity index (χ4v) is 5.18. The molecule has 9 heteroatoms. The monoisotopic (exact) mass is 438 g/mol. The summed E-state index contributed by atoms with van der Waals surface area (Å²) in [5.41, 5.74) is -0.582. The van der Waals surface area contributed by atoms with Crippen LogP contribution < -0.4 is 10.6 Å². The fraction of sp³-hybridized carbons (Fsp3) is 0.895. The van der Waals surface area contributed by atoms with E-state index in [9.17, 15) is 14.7 Å². The van der Waals surface area contributed by atoms with Gasteiger partial charge in [-0.2, -0.15) is 0 Å². The van der Waals surface area contributed by atoms with Crippen LogP contribution in [0.2, 0.25) is 0 Å². The van der Waals surface area contributed by atoms with Gasteiger partial charge in [-0.15, -0.1) is 24.8 Å². The summed E-state index contributed by atoms with van der Waals surface area (Å²) in [5.74, 6) is -1.38. The molecule has 1 saturated carbocycles. The van der Waals surface area contributed by atoms with Gasteiger partial charge in [0.25, 0.3) is 0 Å². The Balaban J connectivity index is 0.00000196. The molecule has 0 spiro atoms. The average molecular weight is 439 g/mol. The van der Waals surface area contributed by atoms with Crippen molar-refractivity contribution < 1.29 is 14.7 Å². The van der Waals surface area contributed by atoms with Gasteiger partial charge in [0.1, 0.15) is 0 Å². The molecule has 0 bridgehead atoms. The summed E-state index contributed by atoms with van der Waals surface area (Å²) >= 11 is 0. The normalized spacial score (nSPS) is 31.1. The summed E-state index contributed by atoms with van der Waals surface area (Å²) in [6, 6.07) is 1.26. The van der Waals surface area contributed by atoms with Gasteiger partial charge >= 0.3 is 5.97 Å². The van der Waals surface area contributed by atoms with Crippen molar-refractivity contribution in [3.05, 3.63) is 0 Å². The van der Waals surface area contributed by atoms with E-state index in [1.807, 2.05) is 0 Å². The van der Waals surface area contributed by atoms with Crippen LogP contribution in [-0.2, 0) is 9.59 Å². The van der Waals surface area contributed by atoms with Crippen LogP contribution in [0.15, 0.2) is 0 Å². The molecular weight excluding hydrogens is 403 g/mol. The van der Waals surface area contributed by atoms with Gasteiger partial charge in [-0.05, 0) is 58.5 Å². The zero-order valence-electron chi connectivity index (χ0n) is 16.8. The molecule has 28 heavy (non-hydrogen) atoms. The molecular formula is C19H36Cl2N4O3. The molecule has 0 aromatic heterocycles. The van der Waals surface area contributed by atoms with Crippen molar-refractivity contribution in [3.8, 4) is 0 Å². The maximum Gasteiger partial charge on any atom is 0.308 e. The van der Waals surface area contributed by atoms with Crippen molar-refractivity contribution in [2.45, 2.75) is 63.1 Å². The highest BCUT2D eigenvalue weighted by atomic mass is 35.5. The number of carboxylic acids is 1. The van der Waals surface area contributed by atoms with E-state index < -0.39 is 17.4 Å². The molecule has 164 valence electrons. The summed E-state index contributed by atoms with van der Waals surface area (Å²) in [6.07, 6.45) is 6.62. The second-order valence-electron chi connectivity index (χ2n) is 8.26. The van der Waals surface area contributed by atoms with Crippen molar-refractivity contribution in [2.75, 3.05) is 39.3 Å². The van der Waals surface area contributed by atoms with Crippen molar-refractivity contribution in [1.82, 2.24) is 20.4 Å². The molecule has 3 rings (SSSR count). The molecule has 3 N–H and O–H groups in total. The zero-order valence-corrected chi connectivity index (χ0v) is 18.4. The Hall–Kier alpha value is -0.600. The number of halogens is 2. The fourth-order valence-electron chi connectivity index (χ4n) is 5.18. The summed E-state index contributed by atoms with van der Waals surface area (Å²) in [6.45, 7) is 8.50. The predicted octanol–water partition coefficient (Wildman–Crippen LogP) is 1.35. The molecule has 3 fully saturated rings. The smallest absolute Gasteiger partial charge is 0.308 e. The highest BCUT2D eigenvalue weighted by molar-refractivity contribution is 5.85.